The monoisotopic (exact) mass is 539 g/mol. The number of benzene rings is 3. The first-order valence-corrected chi connectivity index (χ1v) is 14.2. The number of sulfonamides is 1. The van der Waals surface area contributed by atoms with Crippen LogP contribution in [-0.4, -0.2) is 63.5 Å². The van der Waals surface area contributed by atoms with Crippen LogP contribution < -0.4 is 14.9 Å². The van der Waals surface area contributed by atoms with E-state index in [0.717, 1.165) is 55.5 Å². The molecule has 2 heterocycles. The van der Waals surface area contributed by atoms with Crippen LogP contribution in [0.5, 0.6) is 0 Å². The number of aromatic nitrogens is 1. The minimum Gasteiger partial charge on any atom is -0.351 e. The highest BCUT2D eigenvalue weighted by atomic mass is 32.2. The number of rotatable bonds is 8. The molecule has 192 valence electrons. The standard InChI is InChI=1S/C26H26FN5O3S2/c27-20-7-11-22(12-8-20)37(34,35)30-21-9-5-19(6-10-21)25(33)28-13-14-31-15-17-32(18-16-31)26-29-23-3-1-2-4-24(23)36-26/h1-12,30H,13-18H2,(H,28,33). The van der Waals surface area contributed by atoms with Crippen molar-refractivity contribution in [2.45, 2.75) is 4.90 Å². The van der Waals surface area contributed by atoms with Gasteiger partial charge in [0.05, 0.1) is 15.1 Å². The van der Waals surface area contributed by atoms with E-state index in [1.165, 1.54) is 29.0 Å². The van der Waals surface area contributed by atoms with Crippen molar-refractivity contribution in [1.82, 2.24) is 15.2 Å². The molecule has 4 aromatic rings. The average Bonchev–Trinajstić information content (AvgIpc) is 3.34. The molecular weight excluding hydrogens is 513 g/mol. The zero-order valence-corrected chi connectivity index (χ0v) is 21.6. The second-order valence-electron chi connectivity index (χ2n) is 8.69. The lowest BCUT2D eigenvalue weighted by atomic mass is 10.2. The molecule has 0 bridgehead atoms. The number of hydrogen-bond acceptors (Lipinski definition) is 7. The van der Waals surface area contributed by atoms with Crippen molar-refractivity contribution in [3.05, 3.63) is 84.2 Å². The summed E-state index contributed by atoms with van der Waals surface area (Å²) in [5.41, 5.74) is 1.78. The maximum atomic E-state index is 13.1. The van der Waals surface area contributed by atoms with E-state index in [0.29, 0.717) is 17.8 Å². The predicted molar refractivity (Wildman–Crippen MR) is 144 cm³/mol. The Morgan fingerprint density at radius 1 is 0.946 bits per heavy atom. The molecule has 1 fully saturated rings. The second kappa shape index (κ2) is 10.8. The van der Waals surface area contributed by atoms with E-state index in [4.69, 9.17) is 4.98 Å². The van der Waals surface area contributed by atoms with Gasteiger partial charge in [0.2, 0.25) is 0 Å². The van der Waals surface area contributed by atoms with Gasteiger partial charge in [0.15, 0.2) is 5.13 Å². The molecule has 0 radical (unpaired) electrons. The van der Waals surface area contributed by atoms with Gasteiger partial charge in [-0.05, 0) is 60.7 Å². The number of nitrogens with zero attached hydrogens (tertiary/aromatic N) is 3. The first-order chi connectivity index (χ1) is 17.9. The highest BCUT2D eigenvalue weighted by Gasteiger charge is 2.20. The number of amides is 1. The van der Waals surface area contributed by atoms with E-state index in [1.54, 1.807) is 23.5 Å². The third kappa shape index (κ3) is 6.07. The smallest absolute Gasteiger partial charge is 0.261 e. The lowest BCUT2D eigenvalue weighted by molar-refractivity contribution is 0.0948. The van der Waals surface area contributed by atoms with E-state index >= 15 is 0 Å². The number of hydrogen-bond donors (Lipinski definition) is 2. The molecule has 1 amide bonds. The molecule has 1 aromatic heterocycles. The van der Waals surface area contributed by atoms with Gasteiger partial charge in [-0.25, -0.2) is 17.8 Å². The maximum absolute atomic E-state index is 13.1. The molecule has 1 aliphatic rings. The summed E-state index contributed by atoms with van der Waals surface area (Å²) >= 11 is 1.72. The number of thiazole rings is 1. The first kappa shape index (κ1) is 25.1. The summed E-state index contributed by atoms with van der Waals surface area (Å²) in [7, 11) is -3.85. The molecular formula is C26H26FN5O3S2. The number of carbonyl (C=O) groups excluding carboxylic acids is 1. The Hall–Kier alpha value is -3.54. The van der Waals surface area contributed by atoms with Gasteiger partial charge in [0.1, 0.15) is 5.82 Å². The lowest BCUT2D eigenvalue weighted by Crippen LogP contribution is -2.48. The van der Waals surface area contributed by atoms with Crippen molar-refractivity contribution in [2.75, 3.05) is 48.9 Å². The molecule has 0 unspecified atom stereocenters. The number of anilines is 2. The molecule has 0 saturated carbocycles. The zero-order valence-electron chi connectivity index (χ0n) is 19.9. The Labute approximate surface area is 218 Å². The highest BCUT2D eigenvalue weighted by Crippen LogP contribution is 2.29. The van der Waals surface area contributed by atoms with Gasteiger partial charge in [-0.2, -0.15) is 0 Å². The fourth-order valence-corrected chi connectivity index (χ4v) is 6.18. The number of fused-ring (bicyclic) bond motifs is 1. The van der Waals surface area contributed by atoms with Gasteiger partial charge in [-0.3, -0.25) is 14.4 Å². The van der Waals surface area contributed by atoms with E-state index < -0.39 is 15.8 Å². The van der Waals surface area contributed by atoms with Gasteiger partial charge >= 0.3 is 0 Å². The van der Waals surface area contributed by atoms with Crippen molar-refractivity contribution in [3.63, 3.8) is 0 Å². The Morgan fingerprint density at radius 2 is 1.65 bits per heavy atom. The number of piperazine rings is 1. The van der Waals surface area contributed by atoms with Crippen molar-refractivity contribution in [1.29, 1.82) is 0 Å². The third-order valence-electron chi connectivity index (χ3n) is 6.16. The van der Waals surface area contributed by atoms with Crippen molar-refractivity contribution >= 4 is 48.3 Å². The van der Waals surface area contributed by atoms with Crippen LogP contribution in [0, 0.1) is 5.82 Å². The first-order valence-electron chi connectivity index (χ1n) is 11.9. The van der Waals surface area contributed by atoms with Gasteiger partial charge in [-0.15, -0.1) is 0 Å². The SMILES string of the molecule is O=C(NCCN1CCN(c2nc3ccccc3s2)CC1)c1ccc(NS(=O)(=O)c2ccc(F)cc2)cc1. The Balaban J connectivity index is 1.07. The molecule has 0 atom stereocenters. The predicted octanol–water partition coefficient (Wildman–Crippen LogP) is 3.79. The quantitative estimate of drug-likeness (QED) is 0.354. The Morgan fingerprint density at radius 3 is 2.35 bits per heavy atom. The largest absolute Gasteiger partial charge is 0.351 e. The van der Waals surface area contributed by atoms with E-state index in [-0.39, 0.29) is 10.8 Å². The Bertz CT molecular complexity index is 1450. The molecule has 1 aliphatic heterocycles. The van der Waals surface area contributed by atoms with Crippen LogP contribution in [0.2, 0.25) is 0 Å². The summed E-state index contributed by atoms with van der Waals surface area (Å²) in [6.07, 6.45) is 0. The van der Waals surface area contributed by atoms with E-state index in [9.17, 15) is 17.6 Å². The minimum atomic E-state index is -3.85. The molecule has 37 heavy (non-hydrogen) atoms. The summed E-state index contributed by atoms with van der Waals surface area (Å²) in [5.74, 6) is -0.734. The molecule has 1 saturated heterocycles. The zero-order chi connectivity index (χ0) is 25.8. The lowest BCUT2D eigenvalue weighted by Gasteiger charge is -2.34. The van der Waals surface area contributed by atoms with Crippen molar-refractivity contribution in [3.8, 4) is 0 Å². The van der Waals surface area contributed by atoms with Crippen LogP contribution in [0.15, 0.2) is 77.7 Å². The number of nitrogens with one attached hydrogen (secondary N) is 2. The molecule has 0 spiro atoms. The molecule has 5 rings (SSSR count). The normalized spacial score (nSPS) is 14.6. The van der Waals surface area contributed by atoms with Crippen molar-refractivity contribution in [2.24, 2.45) is 0 Å². The summed E-state index contributed by atoms with van der Waals surface area (Å²) in [6.45, 7) is 4.84. The molecule has 8 nitrogen and oxygen atoms in total. The third-order valence-corrected chi connectivity index (χ3v) is 8.66. The highest BCUT2D eigenvalue weighted by molar-refractivity contribution is 7.92. The summed E-state index contributed by atoms with van der Waals surface area (Å²) < 4.78 is 41.6. The van der Waals surface area contributed by atoms with Crippen LogP contribution in [0.1, 0.15) is 10.4 Å². The average molecular weight is 540 g/mol. The maximum Gasteiger partial charge on any atom is 0.261 e. The van der Waals surface area contributed by atoms with Crippen molar-refractivity contribution < 1.29 is 17.6 Å². The summed E-state index contributed by atoms with van der Waals surface area (Å²) in [4.78, 5) is 21.9. The minimum absolute atomic E-state index is 0.0448. The summed E-state index contributed by atoms with van der Waals surface area (Å²) in [6, 6.07) is 18.9. The Kier molecular flexibility index (Phi) is 7.36. The second-order valence-corrected chi connectivity index (χ2v) is 11.4. The topological polar surface area (TPSA) is 94.6 Å². The number of carbonyl (C=O) groups is 1. The van der Waals surface area contributed by atoms with Gasteiger partial charge in [-0.1, -0.05) is 23.5 Å². The van der Waals surface area contributed by atoms with Crippen LogP contribution in [0.25, 0.3) is 10.2 Å². The van der Waals surface area contributed by atoms with Crippen LogP contribution in [0.4, 0.5) is 15.2 Å². The fourth-order valence-electron chi connectivity index (χ4n) is 4.11. The van der Waals surface area contributed by atoms with Gasteiger partial charge < -0.3 is 10.2 Å². The van der Waals surface area contributed by atoms with E-state index in [2.05, 4.69) is 25.9 Å². The molecule has 3 aromatic carbocycles. The van der Waals surface area contributed by atoms with Gasteiger partial charge in [0, 0.05) is 50.5 Å². The van der Waals surface area contributed by atoms with Crippen LogP contribution in [0.3, 0.4) is 0 Å². The van der Waals surface area contributed by atoms with E-state index in [1.807, 2.05) is 18.2 Å². The summed E-state index contributed by atoms with van der Waals surface area (Å²) in [5, 5.41) is 3.98. The van der Waals surface area contributed by atoms with Crippen LogP contribution in [-0.2, 0) is 10.0 Å². The van der Waals surface area contributed by atoms with Crippen LogP contribution >= 0.6 is 11.3 Å². The molecule has 0 aliphatic carbocycles. The number of halogens is 1. The molecule has 2 N–H and O–H groups in total. The fraction of sp³-hybridized carbons (Fsp3) is 0.231. The molecule has 11 heteroatoms. The van der Waals surface area contributed by atoms with Gasteiger partial charge in [0.25, 0.3) is 15.9 Å². The number of para-hydroxylation sites is 1.